The predicted octanol–water partition coefficient (Wildman–Crippen LogP) is 5.23. The van der Waals surface area contributed by atoms with Gasteiger partial charge >= 0.3 is 0 Å². The SMILES string of the molecule is CCC(Sc1nnc(-c2ccco2)n1C1CCCCC1)C(=O)NCc1ccccc1. The van der Waals surface area contributed by atoms with E-state index in [1.54, 1.807) is 6.26 Å². The molecule has 0 aliphatic heterocycles. The summed E-state index contributed by atoms with van der Waals surface area (Å²) in [6, 6.07) is 14.1. The summed E-state index contributed by atoms with van der Waals surface area (Å²) in [6.07, 6.45) is 8.29. The van der Waals surface area contributed by atoms with Gasteiger partial charge in [-0.3, -0.25) is 9.36 Å². The Morgan fingerprint density at radius 2 is 1.97 bits per heavy atom. The van der Waals surface area contributed by atoms with Gasteiger partial charge in [0.1, 0.15) is 0 Å². The van der Waals surface area contributed by atoms with Crippen LogP contribution in [0.3, 0.4) is 0 Å². The minimum atomic E-state index is -0.218. The third-order valence-electron chi connectivity index (χ3n) is 5.57. The van der Waals surface area contributed by atoms with Gasteiger partial charge in [-0.2, -0.15) is 0 Å². The lowest BCUT2D eigenvalue weighted by atomic mass is 9.95. The largest absolute Gasteiger partial charge is 0.461 e. The molecule has 1 saturated carbocycles. The van der Waals surface area contributed by atoms with Gasteiger partial charge in [-0.15, -0.1) is 10.2 Å². The number of thioether (sulfide) groups is 1. The zero-order valence-electron chi connectivity index (χ0n) is 17.3. The summed E-state index contributed by atoms with van der Waals surface area (Å²) in [5.74, 6) is 1.51. The molecule has 3 aromatic rings. The van der Waals surface area contributed by atoms with E-state index in [-0.39, 0.29) is 11.2 Å². The number of hydrogen-bond acceptors (Lipinski definition) is 5. The van der Waals surface area contributed by atoms with Crippen LogP contribution in [0.25, 0.3) is 11.6 Å². The molecule has 2 heterocycles. The second-order valence-electron chi connectivity index (χ2n) is 7.66. The third kappa shape index (κ3) is 4.78. The normalized spacial score (nSPS) is 15.8. The summed E-state index contributed by atoms with van der Waals surface area (Å²) in [5.41, 5.74) is 1.09. The Balaban J connectivity index is 1.52. The highest BCUT2D eigenvalue weighted by Crippen LogP contribution is 2.37. The number of nitrogens with one attached hydrogen (secondary N) is 1. The topological polar surface area (TPSA) is 73.0 Å². The molecule has 7 heteroatoms. The molecule has 0 bridgehead atoms. The second kappa shape index (κ2) is 9.98. The minimum Gasteiger partial charge on any atom is -0.461 e. The summed E-state index contributed by atoms with van der Waals surface area (Å²) in [4.78, 5) is 12.9. The van der Waals surface area contributed by atoms with Gasteiger partial charge in [-0.1, -0.05) is 68.3 Å². The standard InChI is InChI=1S/C23H28N4O2S/c1-2-20(22(28)24-16-17-10-5-3-6-11-17)30-23-26-25-21(19-14-9-15-29-19)27(23)18-12-7-4-8-13-18/h3,5-6,9-11,14-15,18,20H,2,4,7-8,12-13,16H2,1H3,(H,24,28). The van der Waals surface area contributed by atoms with Gasteiger partial charge in [0, 0.05) is 12.6 Å². The van der Waals surface area contributed by atoms with Crippen LogP contribution in [-0.2, 0) is 11.3 Å². The van der Waals surface area contributed by atoms with Gasteiger partial charge in [0.05, 0.1) is 11.5 Å². The molecule has 1 N–H and O–H groups in total. The fourth-order valence-corrected chi connectivity index (χ4v) is 5.00. The Morgan fingerprint density at radius 3 is 2.67 bits per heavy atom. The van der Waals surface area contributed by atoms with Crippen LogP contribution in [0.5, 0.6) is 0 Å². The fraction of sp³-hybridized carbons (Fsp3) is 0.435. The number of carbonyl (C=O) groups is 1. The number of furan rings is 1. The summed E-state index contributed by atoms with van der Waals surface area (Å²) in [7, 11) is 0. The fourth-order valence-electron chi connectivity index (χ4n) is 3.95. The Labute approximate surface area is 181 Å². The molecule has 30 heavy (non-hydrogen) atoms. The van der Waals surface area contributed by atoms with E-state index in [0.29, 0.717) is 12.6 Å². The van der Waals surface area contributed by atoms with Crippen molar-refractivity contribution in [3.8, 4) is 11.6 Å². The predicted molar refractivity (Wildman–Crippen MR) is 118 cm³/mol. The van der Waals surface area contributed by atoms with Crippen molar-refractivity contribution in [1.29, 1.82) is 0 Å². The first-order valence-corrected chi connectivity index (χ1v) is 11.6. The van der Waals surface area contributed by atoms with E-state index >= 15 is 0 Å². The van der Waals surface area contributed by atoms with Gasteiger partial charge in [0.25, 0.3) is 0 Å². The van der Waals surface area contributed by atoms with E-state index in [1.165, 1.54) is 31.0 Å². The van der Waals surface area contributed by atoms with E-state index in [1.807, 2.05) is 49.4 Å². The van der Waals surface area contributed by atoms with Crippen molar-refractivity contribution < 1.29 is 9.21 Å². The first kappa shape index (κ1) is 20.7. The average molecular weight is 425 g/mol. The minimum absolute atomic E-state index is 0.0316. The van der Waals surface area contributed by atoms with Crippen molar-refractivity contribution in [2.45, 2.75) is 68.4 Å². The van der Waals surface area contributed by atoms with Gasteiger partial charge in [0.2, 0.25) is 11.7 Å². The van der Waals surface area contributed by atoms with Crippen LogP contribution in [-0.4, -0.2) is 25.9 Å². The lowest BCUT2D eigenvalue weighted by molar-refractivity contribution is -0.120. The highest BCUT2D eigenvalue weighted by Gasteiger charge is 2.28. The molecule has 0 spiro atoms. The highest BCUT2D eigenvalue weighted by molar-refractivity contribution is 8.00. The number of hydrogen-bond donors (Lipinski definition) is 1. The maximum Gasteiger partial charge on any atom is 0.233 e. The van der Waals surface area contributed by atoms with Crippen molar-refractivity contribution in [3.05, 3.63) is 54.3 Å². The number of aromatic nitrogens is 3. The molecule has 1 unspecified atom stereocenters. The zero-order valence-corrected chi connectivity index (χ0v) is 18.1. The molecule has 158 valence electrons. The molecular weight excluding hydrogens is 396 g/mol. The lowest BCUT2D eigenvalue weighted by Crippen LogP contribution is -2.32. The molecule has 1 aliphatic rings. The molecule has 6 nitrogen and oxygen atoms in total. The first-order valence-electron chi connectivity index (χ1n) is 10.7. The Bertz CT molecular complexity index is 934. The molecule has 0 saturated heterocycles. The van der Waals surface area contributed by atoms with Gasteiger partial charge in [-0.05, 0) is 37.0 Å². The number of nitrogens with zero attached hydrogens (tertiary/aromatic N) is 3. The van der Waals surface area contributed by atoms with Crippen LogP contribution in [0.2, 0.25) is 0 Å². The molecule has 1 aliphatic carbocycles. The van der Waals surface area contributed by atoms with E-state index in [4.69, 9.17) is 4.42 Å². The van der Waals surface area contributed by atoms with Crippen LogP contribution in [0, 0.1) is 0 Å². The Hall–Kier alpha value is -2.54. The van der Waals surface area contributed by atoms with Crippen molar-refractivity contribution in [3.63, 3.8) is 0 Å². The van der Waals surface area contributed by atoms with Crippen LogP contribution in [0.1, 0.15) is 57.1 Å². The van der Waals surface area contributed by atoms with E-state index in [2.05, 4.69) is 20.1 Å². The quantitative estimate of drug-likeness (QED) is 0.501. The van der Waals surface area contributed by atoms with Gasteiger partial charge in [-0.25, -0.2) is 0 Å². The molecule has 1 amide bonds. The number of amides is 1. The van der Waals surface area contributed by atoms with Gasteiger partial charge < -0.3 is 9.73 Å². The number of benzene rings is 1. The van der Waals surface area contributed by atoms with Crippen molar-refractivity contribution in [2.75, 3.05) is 0 Å². The Kier molecular flexibility index (Phi) is 6.89. The van der Waals surface area contributed by atoms with Crippen molar-refractivity contribution in [1.82, 2.24) is 20.1 Å². The number of carbonyl (C=O) groups excluding carboxylic acids is 1. The molecular formula is C23H28N4O2S. The monoisotopic (exact) mass is 424 g/mol. The van der Waals surface area contributed by atoms with Crippen molar-refractivity contribution >= 4 is 17.7 Å². The second-order valence-corrected chi connectivity index (χ2v) is 8.83. The third-order valence-corrected chi connectivity index (χ3v) is 6.89. The van der Waals surface area contributed by atoms with Crippen LogP contribution in [0.15, 0.2) is 58.3 Å². The lowest BCUT2D eigenvalue weighted by Gasteiger charge is -2.26. The van der Waals surface area contributed by atoms with E-state index in [0.717, 1.165) is 41.6 Å². The molecule has 1 fully saturated rings. The molecule has 0 radical (unpaired) electrons. The zero-order chi connectivity index (χ0) is 20.8. The highest BCUT2D eigenvalue weighted by atomic mass is 32.2. The average Bonchev–Trinajstić information content (AvgIpc) is 3.47. The van der Waals surface area contributed by atoms with Crippen LogP contribution >= 0.6 is 11.8 Å². The first-order chi connectivity index (χ1) is 14.8. The van der Waals surface area contributed by atoms with Crippen molar-refractivity contribution in [2.24, 2.45) is 0 Å². The maximum atomic E-state index is 12.9. The number of rotatable bonds is 8. The van der Waals surface area contributed by atoms with Gasteiger partial charge in [0.15, 0.2) is 10.9 Å². The van der Waals surface area contributed by atoms with Crippen LogP contribution < -0.4 is 5.32 Å². The molecule has 1 aromatic carbocycles. The summed E-state index contributed by atoms with van der Waals surface area (Å²) in [5, 5.41) is 12.6. The smallest absolute Gasteiger partial charge is 0.233 e. The Morgan fingerprint density at radius 1 is 1.17 bits per heavy atom. The molecule has 4 rings (SSSR count). The molecule has 1 atom stereocenters. The van der Waals surface area contributed by atoms with E-state index in [9.17, 15) is 4.79 Å². The molecule has 2 aromatic heterocycles. The maximum absolute atomic E-state index is 12.9. The van der Waals surface area contributed by atoms with E-state index < -0.39 is 0 Å². The van der Waals surface area contributed by atoms with Crippen LogP contribution in [0.4, 0.5) is 0 Å². The summed E-state index contributed by atoms with van der Waals surface area (Å²) in [6.45, 7) is 2.57. The summed E-state index contributed by atoms with van der Waals surface area (Å²) < 4.78 is 7.82. The summed E-state index contributed by atoms with van der Waals surface area (Å²) >= 11 is 1.51.